The molecule has 110 valence electrons. The lowest BCUT2D eigenvalue weighted by atomic mass is 9.96. The standard InChI is InChI=1S/C16H19N3O2/c17-10-13-6-8-15(9-7-13)21-12-16(20)19-18-11-14-4-2-1-3-5-14/h6-9,11,18H,1-5,12H2,(H,19,20). The molecule has 0 unspecified atom stereocenters. The van der Waals surface area contributed by atoms with Crippen molar-refractivity contribution in [2.75, 3.05) is 6.61 Å². The number of ether oxygens (including phenoxy) is 1. The van der Waals surface area contributed by atoms with Crippen molar-refractivity contribution in [3.05, 3.63) is 41.6 Å². The summed E-state index contributed by atoms with van der Waals surface area (Å²) >= 11 is 0. The quantitative estimate of drug-likeness (QED) is 0.815. The van der Waals surface area contributed by atoms with Crippen molar-refractivity contribution >= 4 is 5.91 Å². The minimum absolute atomic E-state index is 0.0674. The van der Waals surface area contributed by atoms with Gasteiger partial charge in [-0.25, -0.2) is 0 Å². The van der Waals surface area contributed by atoms with E-state index in [-0.39, 0.29) is 12.5 Å². The van der Waals surface area contributed by atoms with E-state index in [0.29, 0.717) is 11.3 Å². The molecular weight excluding hydrogens is 266 g/mol. The van der Waals surface area contributed by atoms with Crippen LogP contribution in [0.1, 0.15) is 37.7 Å². The Labute approximate surface area is 124 Å². The van der Waals surface area contributed by atoms with E-state index in [1.165, 1.54) is 24.8 Å². The van der Waals surface area contributed by atoms with Crippen LogP contribution in [-0.2, 0) is 4.79 Å². The molecule has 1 aromatic carbocycles. The number of hydrazine groups is 1. The van der Waals surface area contributed by atoms with E-state index < -0.39 is 0 Å². The van der Waals surface area contributed by atoms with Crippen LogP contribution in [0, 0.1) is 11.3 Å². The zero-order valence-electron chi connectivity index (χ0n) is 11.9. The molecule has 0 atom stereocenters. The third-order valence-electron chi connectivity index (χ3n) is 3.34. The Bertz CT molecular complexity index is 536. The molecule has 5 nitrogen and oxygen atoms in total. The second-order valence-corrected chi connectivity index (χ2v) is 4.98. The van der Waals surface area contributed by atoms with Gasteiger partial charge in [-0.15, -0.1) is 0 Å². The van der Waals surface area contributed by atoms with E-state index in [1.54, 1.807) is 24.3 Å². The molecule has 0 radical (unpaired) electrons. The molecule has 1 saturated carbocycles. The van der Waals surface area contributed by atoms with Crippen LogP contribution in [0.5, 0.6) is 5.75 Å². The summed E-state index contributed by atoms with van der Waals surface area (Å²) in [5, 5.41) is 8.68. The summed E-state index contributed by atoms with van der Waals surface area (Å²) in [5.41, 5.74) is 7.31. The number of rotatable bonds is 5. The minimum Gasteiger partial charge on any atom is -0.484 e. The highest BCUT2D eigenvalue weighted by Gasteiger charge is 2.05. The van der Waals surface area contributed by atoms with Crippen molar-refractivity contribution in [3.8, 4) is 11.8 Å². The van der Waals surface area contributed by atoms with Crippen LogP contribution in [0.2, 0.25) is 0 Å². The number of amides is 1. The molecule has 0 bridgehead atoms. The van der Waals surface area contributed by atoms with Crippen molar-refractivity contribution < 1.29 is 9.53 Å². The molecule has 0 spiro atoms. The Balaban J connectivity index is 1.68. The van der Waals surface area contributed by atoms with Crippen molar-refractivity contribution in [2.45, 2.75) is 32.1 Å². The Morgan fingerprint density at radius 3 is 2.62 bits per heavy atom. The Morgan fingerprint density at radius 2 is 1.95 bits per heavy atom. The SMILES string of the molecule is N#Cc1ccc(OCC(=O)NNC=C2CCCCC2)cc1. The van der Waals surface area contributed by atoms with E-state index in [2.05, 4.69) is 10.9 Å². The highest BCUT2D eigenvalue weighted by molar-refractivity contribution is 5.77. The van der Waals surface area contributed by atoms with E-state index in [1.807, 2.05) is 12.3 Å². The molecule has 2 N–H and O–H groups in total. The van der Waals surface area contributed by atoms with E-state index in [0.717, 1.165) is 12.8 Å². The molecule has 1 aliphatic rings. The van der Waals surface area contributed by atoms with Gasteiger partial charge in [0.1, 0.15) is 5.75 Å². The van der Waals surface area contributed by atoms with Gasteiger partial charge in [-0.2, -0.15) is 5.26 Å². The summed E-state index contributed by atoms with van der Waals surface area (Å²) in [5.74, 6) is 0.321. The number of nitrogens with zero attached hydrogens (tertiary/aromatic N) is 1. The summed E-state index contributed by atoms with van der Waals surface area (Å²) in [7, 11) is 0. The van der Waals surface area contributed by atoms with Crippen molar-refractivity contribution in [3.63, 3.8) is 0 Å². The first-order chi connectivity index (χ1) is 10.3. The lowest BCUT2D eigenvalue weighted by Crippen LogP contribution is -2.37. The van der Waals surface area contributed by atoms with Gasteiger partial charge < -0.3 is 10.2 Å². The largest absolute Gasteiger partial charge is 0.484 e. The average molecular weight is 285 g/mol. The van der Waals surface area contributed by atoms with Crippen LogP contribution in [-0.4, -0.2) is 12.5 Å². The predicted molar refractivity (Wildman–Crippen MR) is 79.1 cm³/mol. The Kier molecular flexibility index (Phi) is 5.65. The van der Waals surface area contributed by atoms with Crippen molar-refractivity contribution in [2.24, 2.45) is 0 Å². The lowest BCUT2D eigenvalue weighted by Gasteiger charge is -2.14. The summed E-state index contributed by atoms with van der Waals surface area (Å²) in [6, 6.07) is 8.67. The number of hydrogen-bond donors (Lipinski definition) is 2. The van der Waals surface area contributed by atoms with Crippen LogP contribution in [0.3, 0.4) is 0 Å². The first kappa shape index (κ1) is 14.9. The van der Waals surface area contributed by atoms with E-state index >= 15 is 0 Å². The van der Waals surface area contributed by atoms with Gasteiger partial charge in [0.15, 0.2) is 6.61 Å². The predicted octanol–water partition coefficient (Wildman–Crippen LogP) is 2.41. The van der Waals surface area contributed by atoms with Crippen molar-refractivity contribution in [1.82, 2.24) is 10.9 Å². The van der Waals surface area contributed by atoms with Gasteiger partial charge in [0.25, 0.3) is 5.91 Å². The Hall–Kier alpha value is -2.48. The second-order valence-electron chi connectivity index (χ2n) is 4.98. The van der Waals surface area contributed by atoms with Gasteiger partial charge >= 0.3 is 0 Å². The maximum absolute atomic E-state index is 11.6. The van der Waals surface area contributed by atoms with Gasteiger partial charge in [-0.3, -0.25) is 10.2 Å². The fraction of sp³-hybridized carbons (Fsp3) is 0.375. The molecule has 0 heterocycles. The summed E-state index contributed by atoms with van der Waals surface area (Å²) < 4.78 is 5.33. The molecule has 21 heavy (non-hydrogen) atoms. The van der Waals surface area contributed by atoms with Crippen LogP contribution < -0.4 is 15.6 Å². The summed E-state index contributed by atoms with van der Waals surface area (Å²) in [6.45, 7) is -0.0674. The third kappa shape index (κ3) is 5.19. The zero-order chi connectivity index (χ0) is 14.9. The van der Waals surface area contributed by atoms with Crippen LogP contribution in [0.15, 0.2) is 36.0 Å². The summed E-state index contributed by atoms with van der Waals surface area (Å²) in [6.07, 6.45) is 7.82. The van der Waals surface area contributed by atoms with Crippen molar-refractivity contribution in [1.29, 1.82) is 5.26 Å². The first-order valence-corrected chi connectivity index (χ1v) is 7.13. The molecule has 0 saturated heterocycles. The highest BCUT2D eigenvalue weighted by atomic mass is 16.5. The number of nitriles is 1. The fourth-order valence-electron chi connectivity index (χ4n) is 2.18. The topological polar surface area (TPSA) is 74.1 Å². The number of carbonyl (C=O) groups excluding carboxylic acids is 1. The molecular formula is C16H19N3O2. The average Bonchev–Trinajstić information content (AvgIpc) is 2.54. The molecule has 0 aromatic heterocycles. The fourth-order valence-corrected chi connectivity index (χ4v) is 2.18. The van der Waals surface area contributed by atoms with Gasteiger partial charge in [-0.1, -0.05) is 12.0 Å². The van der Waals surface area contributed by atoms with Crippen LogP contribution >= 0.6 is 0 Å². The number of nitrogens with one attached hydrogen (secondary N) is 2. The van der Waals surface area contributed by atoms with Crippen LogP contribution in [0.25, 0.3) is 0 Å². The zero-order valence-corrected chi connectivity index (χ0v) is 11.9. The van der Waals surface area contributed by atoms with Crippen LogP contribution in [0.4, 0.5) is 0 Å². The van der Waals surface area contributed by atoms with Gasteiger partial charge in [0, 0.05) is 6.20 Å². The molecule has 1 fully saturated rings. The number of benzene rings is 1. The van der Waals surface area contributed by atoms with Gasteiger partial charge in [0.2, 0.25) is 0 Å². The van der Waals surface area contributed by atoms with Gasteiger partial charge in [-0.05, 0) is 49.9 Å². The smallest absolute Gasteiger partial charge is 0.276 e. The molecule has 0 aliphatic heterocycles. The monoisotopic (exact) mass is 285 g/mol. The highest BCUT2D eigenvalue weighted by Crippen LogP contribution is 2.21. The Morgan fingerprint density at radius 1 is 1.24 bits per heavy atom. The normalized spacial score (nSPS) is 14.0. The first-order valence-electron chi connectivity index (χ1n) is 7.13. The lowest BCUT2D eigenvalue weighted by molar-refractivity contribution is -0.123. The van der Waals surface area contributed by atoms with E-state index in [4.69, 9.17) is 10.00 Å². The number of allylic oxidation sites excluding steroid dienone is 1. The number of hydrogen-bond acceptors (Lipinski definition) is 4. The maximum atomic E-state index is 11.6. The molecule has 1 aliphatic carbocycles. The molecule has 1 amide bonds. The van der Waals surface area contributed by atoms with Gasteiger partial charge in [0.05, 0.1) is 11.6 Å². The van der Waals surface area contributed by atoms with E-state index in [9.17, 15) is 4.79 Å². The molecule has 1 aromatic rings. The third-order valence-corrected chi connectivity index (χ3v) is 3.34. The summed E-state index contributed by atoms with van der Waals surface area (Å²) in [4.78, 5) is 11.6. The number of carbonyl (C=O) groups is 1. The molecule has 2 rings (SSSR count). The minimum atomic E-state index is -0.244. The second kappa shape index (κ2) is 7.95. The molecule has 5 heteroatoms. The maximum Gasteiger partial charge on any atom is 0.276 e.